The molecule has 0 fully saturated rings. The SMILES string of the molecule is CCCCN(C)S(=O)(=O)c1ccc(C(=O)Nc2ccc(Cl)cc2C(=O)c2ccccc2Cl)cc1. The molecule has 0 heterocycles. The van der Waals surface area contributed by atoms with Gasteiger partial charge in [-0.1, -0.05) is 48.7 Å². The van der Waals surface area contributed by atoms with Crippen molar-refractivity contribution in [1.29, 1.82) is 0 Å². The fourth-order valence-corrected chi connectivity index (χ4v) is 4.86. The van der Waals surface area contributed by atoms with Gasteiger partial charge in [0.05, 0.1) is 15.6 Å². The van der Waals surface area contributed by atoms with Gasteiger partial charge in [-0.3, -0.25) is 9.59 Å². The van der Waals surface area contributed by atoms with Gasteiger partial charge in [0.25, 0.3) is 5.91 Å². The zero-order chi connectivity index (χ0) is 24.9. The Kier molecular flexibility index (Phi) is 8.49. The molecule has 1 N–H and O–H groups in total. The maximum Gasteiger partial charge on any atom is 0.255 e. The first-order valence-corrected chi connectivity index (χ1v) is 12.8. The van der Waals surface area contributed by atoms with Gasteiger partial charge in [-0.05, 0) is 61.0 Å². The Labute approximate surface area is 209 Å². The molecule has 0 aliphatic heterocycles. The lowest BCUT2D eigenvalue weighted by Crippen LogP contribution is -2.28. The summed E-state index contributed by atoms with van der Waals surface area (Å²) in [5, 5.41) is 3.32. The molecule has 1 amide bonds. The minimum atomic E-state index is -3.64. The van der Waals surface area contributed by atoms with Gasteiger partial charge in [0.2, 0.25) is 10.0 Å². The number of nitrogens with zero attached hydrogens (tertiary/aromatic N) is 1. The molecule has 0 saturated carbocycles. The molecule has 3 aromatic rings. The molecule has 0 bridgehead atoms. The summed E-state index contributed by atoms with van der Waals surface area (Å²) in [5.41, 5.74) is 0.964. The van der Waals surface area contributed by atoms with Gasteiger partial charge in [-0.15, -0.1) is 0 Å². The predicted molar refractivity (Wildman–Crippen MR) is 135 cm³/mol. The minimum absolute atomic E-state index is 0.101. The molecule has 0 atom stereocenters. The van der Waals surface area contributed by atoms with E-state index >= 15 is 0 Å². The maximum atomic E-state index is 13.1. The van der Waals surface area contributed by atoms with Crippen LogP contribution in [0.4, 0.5) is 5.69 Å². The quantitative estimate of drug-likeness (QED) is 0.357. The highest BCUT2D eigenvalue weighted by Gasteiger charge is 2.22. The van der Waals surface area contributed by atoms with Crippen LogP contribution in [0.2, 0.25) is 10.0 Å². The number of sulfonamides is 1. The van der Waals surface area contributed by atoms with E-state index in [2.05, 4.69) is 5.32 Å². The maximum absolute atomic E-state index is 13.1. The van der Waals surface area contributed by atoms with Crippen LogP contribution in [0.1, 0.15) is 46.0 Å². The van der Waals surface area contributed by atoms with Crippen LogP contribution in [0.3, 0.4) is 0 Å². The van der Waals surface area contributed by atoms with Crippen LogP contribution in [0.25, 0.3) is 0 Å². The van der Waals surface area contributed by atoms with Gasteiger partial charge in [-0.2, -0.15) is 0 Å². The standard InChI is InChI=1S/C25H24Cl2N2O4S/c1-3-4-15-29(2)34(32,33)19-12-9-17(10-13-19)25(31)28-23-14-11-18(26)16-21(23)24(30)20-7-5-6-8-22(20)27/h5-14,16H,3-4,15H2,1-2H3,(H,28,31). The summed E-state index contributed by atoms with van der Waals surface area (Å²) < 4.78 is 26.7. The number of carbonyl (C=O) groups excluding carboxylic acids is 2. The summed E-state index contributed by atoms with van der Waals surface area (Å²) in [4.78, 5) is 26.1. The monoisotopic (exact) mass is 518 g/mol. The fourth-order valence-electron chi connectivity index (χ4n) is 3.26. The van der Waals surface area contributed by atoms with Crippen molar-refractivity contribution in [3.63, 3.8) is 0 Å². The summed E-state index contributed by atoms with van der Waals surface area (Å²) in [6, 6.07) is 16.8. The average molecular weight is 519 g/mol. The predicted octanol–water partition coefficient (Wildman–Crippen LogP) is 5.90. The summed E-state index contributed by atoms with van der Waals surface area (Å²) >= 11 is 12.3. The van der Waals surface area contributed by atoms with Crippen molar-refractivity contribution in [2.45, 2.75) is 24.7 Å². The first-order valence-electron chi connectivity index (χ1n) is 10.6. The number of hydrogen-bond acceptors (Lipinski definition) is 4. The van der Waals surface area contributed by atoms with E-state index in [9.17, 15) is 18.0 Å². The van der Waals surface area contributed by atoms with Crippen molar-refractivity contribution in [2.24, 2.45) is 0 Å². The molecule has 178 valence electrons. The lowest BCUT2D eigenvalue weighted by molar-refractivity contribution is 0.102. The summed E-state index contributed by atoms with van der Waals surface area (Å²) in [6.07, 6.45) is 1.64. The Morgan fingerprint density at radius 3 is 2.26 bits per heavy atom. The van der Waals surface area contributed by atoms with Crippen LogP contribution in [-0.2, 0) is 10.0 Å². The molecule has 0 spiro atoms. The molecular weight excluding hydrogens is 495 g/mol. The molecule has 0 saturated heterocycles. The van der Waals surface area contributed by atoms with Crippen molar-refractivity contribution in [3.8, 4) is 0 Å². The Bertz CT molecular complexity index is 1310. The average Bonchev–Trinajstić information content (AvgIpc) is 2.83. The van der Waals surface area contributed by atoms with Gasteiger partial charge in [0.15, 0.2) is 5.78 Å². The second-order valence-electron chi connectivity index (χ2n) is 7.66. The number of benzene rings is 3. The Morgan fingerprint density at radius 2 is 1.62 bits per heavy atom. The second kappa shape index (κ2) is 11.1. The number of anilines is 1. The second-order valence-corrected chi connectivity index (χ2v) is 10.5. The van der Waals surface area contributed by atoms with Crippen molar-refractivity contribution in [3.05, 3.63) is 93.5 Å². The highest BCUT2D eigenvalue weighted by Crippen LogP contribution is 2.27. The Morgan fingerprint density at radius 1 is 0.941 bits per heavy atom. The van der Waals surface area contributed by atoms with E-state index in [0.29, 0.717) is 11.6 Å². The largest absolute Gasteiger partial charge is 0.321 e. The number of carbonyl (C=O) groups is 2. The van der Waals surface area contributed by atoms with Crippen LogP contribution < -0.4 is 5.32 Å². The molecular formula is C25H24Cl2N2O4S. The molecule has 3 aromatic carbocycles. The number of unbranched alkanes of at least 4 members (excludes halogenated alkanes) is 1. The molecule has 0 aliphatic carbocycles. The van der Waals surface area contributed by atoms with Crippen LogP contribution in [0.15, 0.2) is 71.6 Å². The third kappa shape index (κ3) is 5.85. The normalized spacial score (nSPS) is 11.4. The van der Waals surface area contributed by atoms with E-state index in [0.717, 1.165) is 12.8 Å². The molecule has 0 aliphatic rings. The molecule has 0 aromatic heterocycles. The first-order chi connectivity index (χ1) is 16.1. The van der Waals surface area contributed by atoms with E-state index in [1.54, 1.807) is 30.3 Å². The van der Waals surface area contributed by atoms with Crippen LogP contribution in [0, 0.1) is 0 Å². The Balaban J connectivity index is 1.84. The van der Waals surface area contributed by atoms with Gasteiger partial charge >= 0.3 is 0 Å². The number of halogens is 2. The lowest BCUT2D eigenvalue weighted by Gasteiger charge is -2.17. The van der Waals surface area contributed by atoms with Gasteiger partial charge in [0, 0.05) is 35.3 Å². The van der Waals surface area contributed by atoms with Gasteiger partial charge in [-0.25, -0.2) is 12.7 Å². The number of amides is 1. The highest BCUT2D eigenvalue weighted by atomic mass is 35.5. The zero-order valence-electron chi connectivity index (χ0n) is 18.7. The van der Waals surface area contributed by atoms with E-state index in [1.807, 2.05) is 6.92 Å². The minimum Gasteiger partial charge on any atom is -0.321 e. The van der Waals surface area contributed by atoms with Crippen molar-refractivity contribution < 1.29 is 18.0 Å². The lowest BCUT2D eigenvalue weighted by atomic mass is 10.0. The smallest absolute Gasteiger partial charge is 0.255 e. The number of ketones is 1. The summed E-state index contributed by atoms with van der Waals surface area (Å²) in [5.74, 6) is -0.890. The van der Waals surface area contributed by atoms with Crippen LogP contribution >= 0.6 is 23.2 Å². The molecule has 0 radical (unpaired) electrons. The topological polar surface area (TPSA) is 83.6 Å². The van der Waals surface area contributed by atoms with Crippen molar-refractivity contribution in [1.82, 2.24) is 4.31 Å². The van der Waals surface area contributed by atoms with E-state index in [-0.39, 0.29) is 38.1 Å². The van der Waals surface area contributed by atoms with E-state index < -0.39 is 15.9 Å². The van der Waals surface area contributed by atoms with Gasteiger partial charge < -0.3 is 5.32 Å². The summed E-state index contributed by atoms with van der Waals surface area (Å²) in [6.45, 7) is 2.40. The Hall–Kier alpha value is -2.71. The third-order valence-electron chi connectivity index (χ3n) is 5.24. The molecule has 34 heavy (non-hydrogen) atoms. The van der Waals surface area contributed by atoms with E-state index in [4.69, 9.17) is 23.2 Å². The summed E-state index contributed by atoms with van der Waals surface area (Å²) in [7, 11) is -2.11. The highest BCUT2D eigenvalue weighted by molar-refractivity contribution is 7.89. The van der Waals surface area contributed by atoms with Crippen LogP contribution in [0.5, 0.6) is 0 Å². The number of rotatable bonds is 9. The number of hydrogen-bond donors (Lipinski definition) is 1. The van der Waals surface area contributed by atoms with Crippen molar-refractivity contribution in [2.75, 3.05) is 18.9 Å². The molecule has 9 heteroatoms. The fraction of sp³-hybridized carbons (Fsp3) is 0.200. The molecule has 0 unspecified atom stereocenters. The zero-order valence-corrected chi connectivity index (χ0v) is 21.0. The van der Waals surface area contributed by atoms with E-state index in [1.165, 1.54) is 47.8 Å². The van der Waals surface area contributed by atoms with Crippen molar-refractivity contribution >= 4 is 50.6 Å². The molecule has 6 nitrogen and oxygen atoms in total. The first kappa shape index (κ1) is 25.9. The van der Waals surface area contributed by atoms with Crippen LogP contribution in [-0.4, -0.2) is 38.0 Å². The van der Waals surface area contributed by atoms with Gasteiger partial charge in [0.1, 0.15) is 0 Å². The third-order valence-corrected chi connectivity index (χ3v) is 7.68. The molecule has 3 rings (SSSR count). The number of nitrogens with one attached hydrogen (secondary N) is 1.